The third-order valence-electron chi connectivity index (χ3n) is 2.89. The molecule has 0 bridgehead atoms. The average Bonchev–Trinajstić information content (AvgIpc) is 2.54. The molecule has 0 spiro atoms. The van der Waals surface area contributed by atoms with E-state index in [0.717, 1.165) is 0 Å². The second kappa shape index (κ2) is 7.64. The maximum absolute atomic E-state index is 11.9. The van der Waals surface area contributed by atoms with Gasteiger partial charge in [0.2, 0.25) is 0 Å². The van der Waals surface area contributed by atoms with Crippen molar-refractivity contribution in [3.05, 3.63) is 52.5 Å². The number of carbonyl (C=O) groups is 2. The van der Waals surface area contributed by atoms with Crippen LogP contribution in [0.15, 0.2) is 46.9 Å². The SMILES string of the molecule is COc1cccc(OCC(=O)Nc2ccc(Br)cc2C(=O)[O-])c1. The summed E-state index contributed by atoms with van der Waals surface area (Å²) >= 11 is 3.17. The first-order valence-corrected chi connectivity index (χ1v) is 7.36. The van der Waals surface area contributed by atoms with Crippen molar-refractivity contribution in [3.63, 3.8) is 0 Å². The zero-order chi connectivity index (χ0) is 16.8. The standard InChI is InChI=1S/C16H14BrNO5/c1-22-11-3-2-4-12(8-11)23-9-15(19)18-14-6-5-10(17)7-13(14)16(20)21/h2-8H,9H2,1H3,(H,18,19)(H,20,21)/p-1. The third-order valence-corrected chi connectivity index (χ3v) is 3.38. The number of amides is 1. The van der Waals surface area contributed by atoms with Crippen LogP contribution in [0.3, 0.4) is 0 Å². The van der Waals surface area contributed by atoms with Gasteiger partial charge in [-0.05, 0) is 30.3 Å². The number of benzene rings is 2. The van der Waals surface area contributed by atoms with Gasteiger partial charge in [-0.15, -0.1) is 0 Å². The number of ether oxygens (including phenoxy) is 2. The zero-order valence-corrected chi connectivity index (χ0v) is 13.8. The first-order chi connectivity index (χ1) is 11.0. The number of methoxy groups -OCH3 is 1. The molecule has 120 valence electrons. The van der Waals surface area contributed by atoms with E-state index in [-0.39, 0.29) is 17.9 Å². The summed E-state index contributed by atoms with van der Waals surface area (Å²) in [6.45, 7) is -0.268. The minimum absolute atomic E-state index is 0.117. The Morgan fingerprint density at radius 3 is 2.61 bits per heavy atom. The van der Waals surface area contributed by atoms with E-state index in [2.05, 4.69) is 21.2 Å². The first-order valence-electron chi connectivity index (χ1n) is 6.57. The molecule has 2 rings (SSSR count). The predicted molar refractivity (Wildman–Crippen MR) is 85.6 cm³/mol. The molecule has 0 aliphatic carbocycles. The van der Waals surface area contributed by atoms with Gasteiger partial charge >= 0.3 is 0 Å². The van der Waals surface area contributed by atoms with Crippen LogP contribution in [0.2, 0.25) is 0 Å². The van der Waals surface area contributed by atoms with Gasteiger partial charge < -0.3 is 24.7 Å². The summed E-state index contributed by atoms with van der Waals surface area (Å²) in [6, 6.07) is 11.2. The number of nitrogens with one attached hydrogen (secondary N) is 1. The van der Waals surface area contributed by atoms with Gasteiger partial charge in [0.05, 0.1) is 13.1 Å². The number of rotatable bonds is 6. The Kier molecular flexibility index (Phi) is 5.59. The molecule has 0 fully saturated rings. The second-order valence-electron chi connectivity index (χ2n) is 4.49. The maximum atomic E-state index is 11.9. The van der Waals surface area contributed by atoms with E-state index in [4.69, 9.17) is 9.47 Å². The van der Waals surface area contributed by atoms with Gasteiger partial charge in [-0.1, -0.05) is 22.0 Å². The highest BCUT2D eigenvalue weighted by Crippen LogP contribution is 2.21. The van der Waals surface area contributed by atoms with Crippen LogP contribution >= 0.6 is 15.9 Å². The quantitative estimate of drug-likeness (QED) is 0.828. The summed E-state index contributed by atoms with van der Waals surface area (Å²) in [4.78, 5) is 23.0. The average molecular weight is 379 g/mol. The molecule has 0 saturated carbocycles. The normalized spacial score (nSPS) is 10.0. The van der Waals surface area contributed by atoms with Crippen LogP contribution in [0, 0.1) is 0 Å². The molecule has 0 aliphatic rings. The largest absolute Gasteiger partial charge is 0.545 e. The highest BCUT2D eigenvalue weighted by Gasteiger charge is 2.09. The van der Waals surface area contributed by atoms with Gasteiger partial charge in [0, 0.05) is 21.8 Å². The smallest absolute Gasteiger partial charge is 0.262 e. The molecule has 6 nitrogen and oxygen atoms in total. The summed E-state index contributed by atoms with van der Waals surface area (Å²) in [6.07, 6.45) is 0. The van der Waals surface area contributed by atoms with Gasteiger partial charge in [-0.25, -0.2) is 0 Å². The lowest BCUT2D eigenvalue weighted by atomic mass is 10.2. The second-order valence-corrected chi connectivity index (χ2v) is 5.41. The van der Waals surface area contributed by atoms with Crippen LogP contribution in [0.25, 0.3) is 0 Å². The summed E-state index contributed by atoms with van der Waals surface area (Å²) in [5, 5.41) is 13.6. The molecule has 0 unspecified atom stereocenters. The molecule has 7 heteroatoms. The van der Waals surface area contributed by atoms with Gasteiger partial charge in [0.25, 0.3) is 5.91 Å². The number of halogens is 1. The monoisotopic (exact) mass is 378 g/mol. The Morgan fingerprint density at radius 1 is 1.17 bits per heavy atom. The molecular weight excluding hydrogens is 366 g/mol. The lowest BCUT2D eigenvalue weighted by Crippen LogP contribution is -2.26. The van der Waals surface area contributed by atoms with Crippen LogP contribution in [0.1, 0.15) is 10.4 Å². The van der Waals surface area contributed by atoms with Crippen molar-refractivity contribution >= 4 is 33.5 Å². The number of anilines is 1. The van der Waals surface area contributed by atoms with Crippen molar-refractivity contribution in [1.82, 2.24) is 0 Å². The van der Waals surface area contributed by atoms with Crippen molar-refractivity contribution in [2.24, 2.45) is 0 Å². The maximum Gasteiger partial charge on any atom is 0.262 e. The summed E-state index contributed by atoms with van der Waals surface area (Å²) < 4.78 is 11.0. The van der Waals surface area contributed by atoms with E-state index < -0.39 is 11.9 Å². The van der Waals surface area contributed by atoms with E-state index in [0.29, 0.717) is 16.0 Å². The fourth-order valence-corrected chi connectivity index (χ4v) is 2.18. The molecule has 23 heavy (non-hydrogen) atoms. The first kappa shape index (κ1) is 16.8. The van der Waals surface area contributed by atoms with E-state index in [1.54, 1.807) is 30.3 Å². The van der Waals surface area contributed by atoms with E-state index in [9.17, 15) is 14.7 Å². The van der Waals surface area contributed by atoms with Gasteiger partial charge in [-0.3, -0.25) is 4.79 Å². The number of carboxylic acids is 1. The van der Waals surface area contributed by atoms with Crippen LogP contribution in [0.4, 0.5) is 5.69 Å². The third kappa shape index (κ3) is 4.72. The van der Waals surface area contributed by atoms with Crippen LogP contribution in [-0.2, 0) is 4.79 Å². The van der Waals surface area contributed by atoms with Crippen molar-refractivity contribution in [2.45, 2.75) is 0 Å². The lowest BCUT2D eigenvalue weighted by molar-refractivity contribution is -0.254. The predicted octanol–water partition coefficient (Wildman–Crippen LogP) is 1.84. The fraction of sp³-hybridized carbons (Fsp3) is 0.125. The fourth-order valence-electron chi connectivity index (χ4n) is 1.82. The molecule has 0 radical (unpaired) electrons. The Bertz CT molecular complexity index is 732. The molecule has 1 amide bonds. The topological polar surface area (TPSA) is 87.7 Å². The van der Waals surface area contributed by atoms with Crippen LogP contribution in [-0.4, -0.2) is 25.6 Å². The highest BCUT2D eigenvalue weighted by molar-refractivity contribution is 9.10. The number of carbonyl (C=O) groups excluding carboxylic acids is 2. The molecule has 2 aromatic rings. The Labute approximate surface area is 141 Å². The van der Waals surface area contributed by atoms with Gasteiger partial charge in [-0.2, -0.15) is 0 Å². The molecule has 1 N–H and O–H groups in total. The molecule has 0 heterocycles. The van der Waals surface area contributed by atoms with Gasteiger partial charge in [0.15, 0.2) is 6.61 Å². The molecular formula is C16H13BrNO5-. The molecule has 0 atom stereocenters. The van der Waals surface area contributed by atoms with Crippen molar-refractivity contribution in [2.75, 3.05) is 19.0 Å². The Morgan fingerprint density at radius 2 is 1.91 bits per heavy atom. The molecule has 0 aliphatic heterocycles. The van der Waals surface area contributed by atoms with Crippen LogP contribution in [0.5, 0.6) is 11.5 Å². The minimum Gasteiger partial charge on any atom is -0.545 e. The minimum atomic E-state index is -1.38. The number of carboxylic acid groups (broad SMARTS) is 1. The number of hydrogen-bond acceptors (Lipinski definition) is 5. The Balaban J connectivity index is 2.01. The van der Waals surface area contributed by atoms with Crippen LogP contribution < -0.4 is 19.9 Å². The zero-order valence-electron chi connectivity index (χ0n) is 12.2. The summed E-state index contributed by atoms with van der Waals surface area (Å²) in [5.74, 6) is -0.793. The Hall–Kier alpha value is -2.54. The number of hydrogen-bond donors (Lipinski definition) is 1. The van der Waals surface area contributed by atoms with E-state index >= 15 is 0 Å². The molecule has 0 saturated heterocycles. The summed E-state index contributed by atoms with van der Waals surface area (Å²) in [7, 11) is 1.53. The molecule has 2 aromatic carbocycles. The summed E-state index contributed by atoms with van der Waals surface area (Å²) in [5.41, 5.74) is 0.0292. The van der Waals surface area contributed by atoms with Gasteiger partial charge in [0.1, 0.15) is 11.5 Å². The lowest BCUT2D eigenvalue weighted by Gasteiger charge is -2.13. The van der Waals surface area contributed by atoms with E-state index in [1.165, 1.54) is 19.2 Å². The highest BCUT2D eigenvalue weighted by atomic mass is 79.9. The van der Waals surface area contributed by atoms with Crippen molar-refractivity contribution in [1.29, 1.82) is 0 Å². The molecule has 0 aromatic heterocycles. The van der Waals surface area contributed by atoms with Crippen molar-refractivity contribution < 1.29 is 24.2 Å². The number of aromatic carboxylic acids is 1. The van der Waals surface area contributed by atoms with E-state index in [1.807, 2.05) is 0 Å². The van der Waals surface area contributed by atoms with Crippen molar-refractivity contribution in [3.8, 4) is 11.5 Å².